The second-order valence-electron chi connectivity index (χ2n) is 4.45. The zero-order valence-corrected chi connectivity index (χ0v) is 9.87. The Morgan fingerprint density at radius 2 is 1.71 bits per heavy atom. The van der Waals surface area contributed by atoms with Gasteiger partial charge in [0.15, 0.2) is 0 Å². The number of carbonyl (C=O) groups excluding carboxylic acids is 1. The second-order valence-corrected chi connectivity index (χ2v) is 4.45. The average molecular weight is 238 g/mol. The average Bonchev–Trinajstić information content (AvgIpc) is 2.26. The Morgan fingerprint density at radius 3 is 2.18 bits per heavy atom. The van der Waals surface area contributed by atoms with E-state index in [0.29, 0.717) is 5.56 Å². The van der Waals surface area contributed by atoms with Crippen LogP contribution in [0.4, 0.5) is 4.39 Å². The number of hydrogen-bond donors (Lipinski definition) is 1. The zero-order chi connectivity index (χ0) is 13.1. The van der Waals surface area contributed by atoms with Gasteiger partial charge in [-0.1, -0.05) is 12.1 Å². The molecule has 4 heteroatoms. The molecule has 1 N–H and O–H groups in total. The Labute approximate surface area is 99.3 Å². The molecule has 0 aliphatic carbocycles. The van der Waals surface area contributed by atoms with E-state index >= 15 is 0 Å². The first-order chi connectivity index (χ1) is 7.84. The maximum absolute atomic E-state index is 12.8. The minimum absolute atomic E-state index is 0.0142. The Kier molecular flexibility index (Phi) is 3.99. The molecule has 0 amide bonds. The lowest BCUT2D eigenvalue weighted by atomic mass is 9.79. The van der Waals surface area contributed by atoms with Crippen LogP contribution in [0.2, 0.25) is 0 Å². The van der Waals surface area contributed by atoms with Crippen molar-refractivity contribution in [1.29, 1.82) is 0 Å². The highest BCUT2D eigenvalue weighted by atomic mass is 19.1. The van der Waals surface area contributed by atoms with Crippen molar-refractivity contribution in [2.45, 2.75) is 32.1 Å². The van der Waals surface area contributed by atoms with Gasteiger partial charge in [0, 0.05) is 11.8 Å². The number of carbonyl (C=O) groups is 2. The van der Waals surface area contributed by atoms with Crippen molar-refractivity contribution in [1.82, 2.24) is 0 Å². The maximum atomic E-state index is 12.8. The van der Waals surface area contributed by atoms with E-state index in [2.05, 4.69) is 0 Å². The molecule has 0 aliphatic heterocycles. The quantitative estimate of drug-likeness (QED) is 0.857. The molecule has 1 rings (SSSR count). The van der Waals surface area contributed by atoms with Crippen molar-refractivity contribution >= 4 is 11.8 Å². The van der Waals surface area contributed by atoms with Gasteiger partial charge in [0.2, 0.25) is 0 Å². The second kappa shape index (κ2) is 5.08. The molecule has 0 heterocycles. The summed E-state index contributed by atoms with van der Waals surface area (Å²) >= 11 is 0. The van der Waals surface area contributed by atoms with Gasteiger partial charge < -0.3 is 5.11 Å². The van der Waals surface area contributed by atoms with Crippen LogP contribution in [0.1, 0.15) is 32.3 Å². The molecule has 0 saturated heterocycles. The van der Waals surface area contributed by atoms with Gasteiger partial charge in [0.25, 0.3) is 0 Å². The third-order valence-corrected chi connectivity index (χ3v) is 2.83. The fourth-order valence-corrected chi connectivity index (χ4v) is 1.56. The highest BCUT2D eigenvalue weighted by Crippen LogP contribution is 2.26. The molecular weight excluding hydrogens is 223 g/mol. The zero-order valence-electron chi connectivity index (χ0n) is 9.87. The van der Waals surface area contributed by atoms with Crippen LogP contribution in [0.3, 0.4) is 0 Å². The van der Waals surface area contributed by atoms with E-state index in [4.69, 9.17) is 5.11 Å². The third kappa shape index (κ3) is 3.37. The Hall–Kier alpha value is -1.71. The third-order valence-electron chi connectivity index (χ3n) is 2.83. The molecule has 0 aromatic heterocycles. The monoisotopic (exact) mass is 238 g/mol. The summed E-state index contributed by atoms with van der Waals surface area (Å²) in [5.41, 5.74) is -0.0994. The molecule has 0 fully saturated rings. The van der Waals surface area contributed by atoms with Crippen LogP contribution >= 0.6 is 0 Å². The SMILES string of the molecule is CC(C)(C(=O)CCC(=O)O)c1ccc(F)cc1. The Balaban J connectivity index is 2.82. The number of ketones is 1. The van der Waals surface area contributed by atoms with Gasteiger partial charge in [-0.15, -0.1) is 0 Å². The summed E-state index contributed by atoms with van der Waals surface area (Å²) < 4.78 is 12.8. The van der Waals surface area contributed by atoms with Gasteiger partial charge in [-0.3, -0.25) is 9.59 Å². The van der Waals surface area contributed by atoms with Gasteiger partial charge in [0.05, 0.1) is 6.42 Å². The van der Waals surface area contributed by atoms with E-state index < -0.39 is 11.4 Å². The van der Waals surface area contributed by atoms with E-state index in [1.54, 1.807) is 26.0 Å². The summed E-state index contributed by atoms with van der Waals surface area (Å²) in [5, 5.41) is 8.53. The van der Waals surface area contributed by atoms with Crippen LogP contribution in [0, 0.1) is 5.82 Å². The molecular formula is C13H15FO3. The summed E-state index contributed by atoms with van der Waals surface area (Å²) in [6.07, 6.45) is -0.191. The number of carboxylic acid groups (broad SMARTS) is 1. The molecule has 1 aromatic rings. The fourth-order valence-electron chi connectivity index (χ4n) is 1.56. The molecule has 0 unspecified atom stereocenters. The highest BCUT2D eigenvalue weighted by Gasteiger charge is 2.29. The molecule has 0 spiro atoms. The predicted octanol–water partition coefficient (Wildman–Crippen LogP) is 2.54. The van der Waals surface area contributed by atoms with Crippen molar-refractivity contribution in [3.8, 4) is 0 Å². The van der Waals surface area contributed by atoms with Gasteiger partial charge in [-0.25, -0.2) is 4.39 Å². The summed E-state index contributed by atoms with van der Waals surface area (Å²) in [4.78, 5) is 22.3. The molecule has 0 aliphatic rings. The van der Waals surface area contributed by atoms with Crippen LogP contribution in [-0.4, -0.2) is 16.9 Å². The molecule has 1 aromatic carbocycles. The smallest absolute Gasteiger partial charge is 0.303 e. The van der Waals surface area contributed by atoms with E-state index in [-0.39, 0.29) is 24.4 Å². The van der Waals surface area contributed by atoms with E-state index in [1.807, 2.05) is 0 Å². The highest BCUT2D eigenvalue weighted by molar-refractivity contribution is 5.91. The van der Waals surface area contributed by atoms with Gasteiger partial charge >= 0.3 is 5.97 Å². The molecule has 92 valence electrons. The molecule has 0 radical (unpaired) electrons. The minimum atomic E-state index is -0.992. The summed E-state index contributed by atoms with van der Waals surface area (Å²) in [6, 6.07) is 5.69. The summed E-state index contributed by atoms with van der Waals surface area (Å²) in [7, 11) is 0. The number of rotatable bonds is 5. The first kappa shape index (κ1) is 13.4. The van der Waals surface area contributed by atoms with Crippen molar-refractivity contribution in [2.24, 2.45) is 0 Å². The van der Waals surface area contributed by atoms with Crippen LogP contribution in [0.5, 0.6) is 0 Å². The van der Waals surface area contributed by atoms with E-state index in [9.17, 15) is 14.0 Å². The minimum Gasteiger partial charge on any atom is -0.481 e. The van der Waals surface area contributed by atoms with E-state index in [1.165, 1.54) is 12.1 Å². The first-order valence-electron chi connectivity index (χ1n) is 5.35. The lowest BCUT2D eigenvalue weighted by Crippen LogP contribution is -2.29. The van der Waals surface area contributed by atoms with Crippen molar-refractivity contribution in [2.75, 3.05) is 0 Å². The number of halogens is 1. The maximum Gasteiger partial charge on any atom is 0.303 e. The fraction of sp³-hybridized carbons (Fsp3) is 0.385. The molecule has 3 nitrogen and oxygen atoms in total. The Morgan fingerprint density at radius 1 is 1.18 bits per heavy atom. The van der Waals surface area contributed by atoms with Crippen LogP contribution in [0.15, 0.2) is 24.3 Å². The van der Waals surface area contributed by atoms with Crippen molar-refractivity contribution in [3.63, 3.8) is 0 Å². The lowest BCUT2D eigenvalue weighted by molar-refractivity contribution is -0.139. The first-order valence-corrected chi connectivity index (χ1v) is 5.35. The molecule has 0 atom stereocenters. The van der Waals surface area contributed by atoms with Crippen molar-refractivity contribution < 1.29 is 19.1 Å². The van der Waals surface area contributed by atoms with Gasteiger partial charge in [-0.05, 0) is 31.5 Å². The number of benzene rings is 1. The number of hydrogen-bond acceptors (Lipinski definition) is 2. The standard InChI is InChI=1S/C13H15FO3/c1-13(2,11(15)7-8-12(16)17)9-3-5-10(14)6-4-9/h3-6H,7-8H2,1-2H3,(H,16,17). The van der Waals surface area contributed by atoms with Crippen LogP contribution < -0.4 is 0 Å². The van der Waals surface area contributed by atoms with Gasteiger partial charge in [0.1, 0.15) is 11.6 Å². The van der Waals surface area contributed by atoms with Crippen LogP contribution in [0.25, 0.3) is 0 Å². The van der Waals surface area contributed by atoms with Crippen LogP contribution in [-0.2, 0) is 15.0 Å². The van der Waals surface area contributed by atoms with Gasteiger partial charge in [-0.2, -0.15) is 0 Å². The lowest BCUT2D eigenvalue weighted by Gasteiger charge is -2.23. The topological polar surface area (TPSA) is 54.4 Å². The Bertz CT molecular complexity index is 421. The summed E-state index contributed by atoms with van der Waals surface area (Å²) in [5.74, 6) is -1.51. The number of carboxylic acids is 1. The predicted molar refractivity (Wildman–Crippen MR) is 61.3 cm³/mol. The van der Waals surface area contributed by atoms with E-state index in [0.717, 1.165) is 0 Å². The normalized spacial score (nSPS) is 11.2. The van der Waals surface area contributed by atoms with Crippen molar-refractivity contribution in [3.05, 3.63) is 35.6 Å². The number of Topliss-reactive ketones (excluding diaryl/α,β-unsaturated/α-hetero) is 1. The largest absolute Gasteiger partial charge is 0.481 e. The number of aliphatic carboxylic acids is 1. The summed E-state index contributed by atoms with van der Waals surface area (Å²) in [6.45, 7) is 3.43. The molecule has 17 heavy (non-hydrogen) atoms. The molecule has 0 bridgehead atoms. The molecule has 0 saturated carbocycles.